The molecule has 160 valence electrons. The number of benzene rings is 1. The van der Waals surface area contributed by atoms with E-state index < -0.39 is 29.1 Å². The summed E-state index contributed by atoms with van der Waals surface area (Å²) in [5.74, 6) is -0.389. The first-order valence-corrected chi connectivity index (χ1v) is 9.46. The van der Waals surface area contributed by atoms with Crippen LogP contribution in [-0.2, 0) is 6.61 Å². The minimum Gasteiger partial charge on any atom is -0.434 e. The fourth-order valence-corrected chi connectivity index (χ4v) is 3.39. The summed E-state index contributed by atoms with van der Waals surface area (Å²) in [7, 11) is 0. The van der Waals surface area contributed by atoms with Crippen LogP contribution in [0.4, 0.5) is 0 Å². The van der Waals surface area contributed by atoms with Gasteiger partial charge in [-0.1, -0.05) is 37.0 Å². The van der Waals surface area contributed by atoms with Gasteiger partial charge in [0.25, 0.3) is 11.1 Å². The van der Waals surface area contributed by atoms with Crippen LogP contribution in [0.25, 0.3) is 5.69 Å². The Morgan fingerprint density at radius 1 is 1.23 bits per heavy atom. The molecule has 0 radical (unpaired) electrons. The van der Waals surface area contributed by atoms with Crippen molar-refractivity contribution in [1.29, 1.82) is 5.26 Å². The third kappa shape index (κ3) is 4.22. The van der Waals surface area contributed by atoms with E-state index in [2.05, 4.69) is 15.3 Å². The summed E-state index contributed by atoms with van der Waals surface area (Å²) >= 11 is 12.5. The molecule has 0 bridgehead atoms. The highest BCUT2D eigenvalue weighted by molar-refractivity contribution is 6.37. The number of hydrogen-bond acceptors (Lipinski definition) is 8. The van der Waals surface area contributed by atoms with Crippen LogP contribution in [0.3, 0.4) is 0 Å². The molecule has 0 aliphatic heterocycles. The van der Waals surface area contributed by atoms with Crippen LogP contribution in [0.5, 0.6) is 11.6 Å². The van der Waals surface area contributed by atoms with Crippen molar-refractivity contribution in [3.63, 3.8) is 0 Å². The summed E-state index contributed by atoms with van der Waals surface area (Å²) in [5, 5.41) is 28.4. The highest BCUT2D eigenvalue weighted by atomic mass is 35.5. The number of ether oxygens (including phenoxy) is 1. The Bertz CT molecular complexity index is 1360. The summed E-state index contributed by atoms with van der Waals surface area (Å²) in [5.41, 5.74) is -2.30. The molecule has 3 aromatic rings. The van der Waals surface area contributed by atoms with Gasteiger partial charge in [0.1, 0.15) is 6.07 Å². The highest BCUT2D eigenvalue weighted by Crippen LogP contribution is 2.38. The summed E-state index contributed by atoms with van der Waals surface area (Å²) in [4.78, 5) is 37.6. The standard InChI is InChI=1S/C18H14Cl2N6O5/c1-7(2)13-9(6-27)17(24-23-16(13)29)31-14-10(19)3-8(4-11(14)20)26-18(30)22-15(28)12(5-21)25-26/h3-4,7,27H,6H2,1-2H3,(H,23,29)(H,22,28,30). The molecule has 0 aliphatic carbocycles. The molecule has 0 unspecified atom stereocenters. The topological polar surface area (TPSA) is 167 Å². The SMILES string of the molecule is CC(C)c1c(CO)c(Oc2c(Cl)cc(-n3nc(C#N)c(=O)[nH]c3=O)cc2Cl)n[nH]c1=O. The molecule has 0 amide bonds. The number of aliphatic hydroxyl groups is 1. The van der Waals surface area contributed by atoms with Crippen LogP contribution in [-0.4, -0.2) is 30.1 Å². The van der Waals surface area contributed by atoms with Crippen molar-refractivity contribution >= 4 is 23.2 Å². The van der Waals surface area contributed by atoms with Gasteiger partial charge < -0.3 is 9.84 Å². The molecule has 0 atom stereocenters. The number of nitrogens with one attached hydrogen (secondary N) is 2. The highest BCUT2D eigenvalue weighted by Gasteiger charge is 2.21. The zero-order valence-electron chi connectivity index (χ0n) is 16.1. The van der Waals surface area contributed by atoms with Gasteiger partial charge in [-0.05, 0) is 18.1 Å². The number of aromatic amines is 2. The monoisotopic (exact) mass is 464 g/mol. The van der Waals surface area contributed by atoms with E-state index in [4.69, 9.17) is 33.2 Å². The Morgan fingerprint density at radius 2 is 1.87 bits per heavy atom. The number of halogens is 2. The fraction of sp³-hybridized carbons (Fsp3) is 0.222. The van der Waals surface area contributed by atoms with Gasteiger partial charge in [0.2, 0.25) is 11.6 Å². The lowest BCUT2D eigenvalue weighted by Crippen LogP contribution is -2.33. The van der Waals surface area contributed by atoms with Gasteiger partial charge in [-0.2, -0.15) is 9.94 Å². The Hall–Kier alpha value is -3.46. The van der Waals surface area contributed by atoms with Crippen LogP contribution in [0, 0.1) is 11.3 Å². The lowest BCUT2D eigenvalue weighted by atomic mass is 10.0. The van der Waals surface area contributed by atoms with Crippen LogP contribution in [0.15, 0.2) is 26.5 Å². The average molecular weight is 465 g/mol. The first-order chi connectivity index (χ1) is 14.7. The molecule has 0 fully saturated rings. The van der Waals surface area contributed by atoms with Crippen molar-refractivity contribution in [3.05, 3.63) is 70.2 Å². The summed E-state index contributed by atoms with van der Waals surface area (Å²) < 4.78 is 6.42. The molecule has 2 heterocycles. The summed E-state index contributed by atoms with van der Waals surface area (Å²) in [6.07, 6.45) is 0. The van der Waals surface area contributed by atoms with Crippen LogP contribution < -0.4 is 21.5 Å². The quantitative estimate of drug-likeness (QED) is 0.511. The number of aliphatic hydroxyl groups excluding tert-OH is 1. The normalized spacial score (nSPS) is 10.9. The number of rotatable bonds is 5. The van der Waals surface area contributed by atoms with Crippen LogP contribution >= 0.6 is 23.2 Å². The largest absolute Gasteiger partial charge is 0.434 e. The van der Waals surface area contributed by atoms with Crippen LogP contribution in [0.1, 0.15) is 36.6 Å². The fourth-order valence-electron chi connectivity index (χ4n) is 2.84. The Morgan fingerprint density at radius 3 is 2.42 bits per heavy atom. The molecule has 2 aromatic heterocycles. The van der Waals surface area contributed by atoms with Crippen LogP contribution in [0.2, 0.25) is 10.0 Å². The molecule has 31 heavy (non-hydrogen) atoms. The molecule has 0 spiro atoms. The van der Waals surface area contributed by atoms with Crippen molar-refractivity contribution in [2.24, 2.45) is 0 Å². The second-order valence-electron chi connectivity index (χ2n) is 6.54. The Balaban J connectivity index is 2.11. The predicted molar refractivity (Wildman–Crippen MR) is 110 cm³/mol. The molecule has 1 aromatic carbocycles. The van der Waals surface area contributed by atoms with Crippen molar-refractivity contribution in [2.75, 3.05) is 0 Å². The molecule has 13 heteroatoms. The third-order valence-corrected chi connectivity index (χ3v) is 4.74. The maximum atomic E-state index is 12.1. The second-order valence-corrected chi connectivity index (χ2v) is 7.35. The van der Waals surface area contributed by atoms with E-state index in [0.717, 1.165) is 4.68 Å². The second kappa shape index (κ2) is 8.73. The molecule has 0 saturated carbocycles. The first-order valence-electron chi connectivity index (χ1n) is 8.71. The zero-order chi connectivity index (χ0) is 22.9. The van der Waals surface area contributed by atoms with E-state index in [1.807, 2.05) is 4.98 Å². The maximum Gasteiger partial charge on any atom is 0.349 e. The average Bonchev–Trinajstić information content (AvgIpc) is 2.70. The third-order valence-electron chi connectivity index (χ3n) is 4.18. The zero-order valence-corrected chi connectivity index (χ0v) is 17.6. The van der Waals surface area contributed by atoms with Crippen molar-refractivity contribution in [2.45, 2.75) is 26.4 Å². The lowest BCUT2D eigenvalue weighted by Gasteiger charge is -2.16. The van der Waals surface area contributed by atoms with Crippen molar-refractivity contribution in [3.8, 4) is 23.4 Å². The van der Waals surface area contributed by atoms with Gasteiger partial charge in [-0.25, -0.2) is 9.89 Å². The number of nitriles is 1. The van der Waals surface area contributed by atoms with E-state index in [1.54, 1.807) is 19.9 Å². The predicted octanol–water partition coefficient (Wildman–Crippen LogP) is 1.59. The summed E-state index contributed by atoms with van der Waals surface area (Å²) in [6.45, 7) is 3.03. The van der Waals surface area contributed by atoms with Gasteiger partial charge in [0.15, 0.2) is 5.75 Å². The van der Waals surface area contributed by atoms with Gasteiger partial charge in [0, 0.05) is 5.56 Å². The number of H-pyrrole nitrogens is 2. The first kappa shape index (κ1) is 22.2. The maximum absolute atomic E-state index is 12.1. The molecule has 0 saturated heterocycles. The van der Waals surface area contributed by atoms with E-state index in [9.17, 15) is 19.5 Å². The minimum atomic E-state index is -0.928. The molecule has 0 aliphatic rings. The van der Waals surface area contributed by atoms with Gasteiger partial charge in [-0.15, -0.1) is 10.2 Å². The summed E-state index contributed by atoms with van der Waals surface area (Å²) in [6, 6.07) is 4.11. The van der Waals surface area contributed by atoms with Gasteiger partial charge in [-0.3, -0.25) is 14.6 Å². The van der Waals surface area contributed by atoms with Gasteiger partial charge in [0.05, 0.1) is 27.9 Å². The smallest absolute Gasteiger partial charge is 0.349 e. The van der Waals surface area contributed by atoms with Crippen molar-refractivity contribution < 1.29 is 9.84 Å². The number of aromatic nitrogens is 5. The molecular weight excluding hydrogens is 451 g/mol. The molecule has 3 N–H and O–H groups in total. The number of hydrogen-bond donors (Lipinski definition) is 3. The van der Waals surface area contributed by atoms with Crippen molar-refractivity contribution in [1.82, 2.24) is 25.0 Å². The van der Waals surface area contributed by atoms with E-state index >= 15 is 0 Å². The Kier molecular flexibility index (Phi) is 6.26. The lowest BCUT2D eigenvalue weighted by molar-refractivity contribution is 0.272. The number of nitrogens with zero attached hydrogens (tertiary/aromatic N) is 4. The molecule has 11 nitrogen and oxygen atoms in total. The molecule has 3 rings (SSSR count). The van der Waals surface area contributed by atoms with E-state index in [0.29, 0.717) is 5.56 Å². The molecular formula is C18H14Cl2N6O5. The van der Waals surface area contributed by atoms with Gasteiger partial charge >= 0.3 is 5.69 Å². The van der Waals surface area contributed by atoms with E-state index in [1.165, 1.54) is 12.1 Å². The minimum absolute atomic E-state index is 0.0554. The Labute approximate surface area is 183 Å². The van der Waals surface area contributed by atoms with E-state index in [-0.39, 0.29) is 38.8 Å².